The first-order valence-electron chi connectivity index (χ1n) is 7.37. The highest BCUT2D eigenvalue weighted by molar-refractivity contribution is 5.78. The van der Waals surface area contributed by atoms with Crippen molar-refractivity contribution in [2.45, 2.75) is 32.9 Å². The number of piperazine rings is 1. The van der Waals surface area contributed by atoms with Crippen LogP contribution in [0.15, 0.2) is 24.3 Å². The summed E-state index contributed by atoms with van der Waals surface area (Å²) in [6.07, 6.45) is 0. The maximum absolute atomic E-state index is 12.1. The number of nitrogens with one attached hydrogen (secondary N) is 2. The van der Waals surface area contributed by atoms with Crippen molar-refractivity contribution in [1.29, 1.82) is 0 Å². The zero-order valence-corrected chi connectivity index (χ0v) is 12.6. The summed E-state index contributed by atoms with van der Waals surface area (Å²) in [5.41, 5.74) is 2.41. The molecule has 2 rings (SSSR count). The van der Waals surface area contributed by atoms with E-state index < -0.39 is 0 Å². The largest absolute Gasteiger partial charge is 0.348 e. The van der Waals surface area contributed by atoms with Crippen LogP contribution >= 0.6 is 0 Å². The van der Waals surface area contributed by atoms with E-state index in [1.54, 1.807) is 0 Å². The summed E-state index contributed by atoms with van der Waals surface area (Å²) in [6.45, 7) is 9.60. The van der Waals surface area contributed by atoms with Gasteiger partial charge >= 0.3 is 0 Å². The van der Waals surface area contributed by atoms with Crippen molar-refractivity contribution in [3.63, 3.8) is 0 Å². The highest BCUT2D eigenvalue weighted by Gasteiger charge is 2.19. The summed E-state index contributed by atoms with van der Waals surface area (Å²) in [6, 6.07) is 8.72. The minimum Gasteiger partial charge on any atom is -0.348 e. The molecule has 1 aromatic carbocycles. The first kappa shape index (κ1) is 15.0. The molecule has 1 amide bonds. The number of hydrogen-bond donors (Lipinski definition) is 2. The van der Waals surface area contributed by atoms with Crippen LogP contribution in [-0.4, -0.2) is 43.0 Å². The van der Waals surface area contributed by atoms with Crippen molar-refractivity contribution < 1.29 is 4.79 Å². The van der Waals surface area contributed by atoms with Gasteiger partial charge in [-0.15, -0.1) is 0 Å². The molecule has 4 nitrogen and oxygen atoms in total. The zero-order valence-electron chi connectivity index (χ0n) is 12.6. The quantitative estimate of drug-likeness (QED) is 0.874. The van der Waals surface area contributed by atoms with Crippen molar-refractivity contribution in [2.24, 2.45) is 0 Å². The summed E-state index contributed by atoms with van der Waals surface area (Å²) < 4.78 is 0. The highest BCUT2D eigenvalue weighted by Crippen LogP contribution is 2.16. The van der Waals surface area contributed by atoms with Gasteiger partial charge in [-0.25, -0.2) is 0 Å². The summed E-state index contributed by atoms with van der Waals surface area (Å²) in [4.78, 5) is 14.3. The molecule has 0 aromatic heterocycles. The molecule has 0 radical (unpaired) electrons. The van der Waals surface area contributed by atoms with Gasteiger partial charge in [0.1, 0.15) is 0 Å². The van der Waals surface area contributed by atoms with E-state index in [4.69, 9.17) is 0 Å². The van der Waals surface area contributed by atoms with Gasteiger partial charge in [0, 0.05) is 25.7 Å². The normalized spacial score (nSPS) is 21.4. The molecular weight excluding hydrogens is 250 g/mol. The Balaban J connectivity index is 1.86. The molecule has 1 aliphatic heterocycles. The number of hydrogen-bond acceptors (Lipinski definition) is 3. The fourth-order valence-electron chi connectivity index (χ4n) is 2.80. The van der Waals surface area contributed by atoms with Crippen molar-refractivity contribution in [3.8, 4) is 0 Å². The average molecular weight is 275 g/mol. The third-order valence-corrected chi connectivity index (χ3v) is 3.85. The summed E-state index contributed by atoms with van der Waals surface area (Å²) in [7, 11) is 0. The van der Waals surface area contributed by atoms with Crippen LogP contribution in [0.1, 0.15) is 31.0 Å². The van der Waals surface area contributed by atoms with E-state index in [9.17, 15) is 4.79 Å². The Labute approximate surface area is 121 Å². The second-order valence-corrected chi connectivity index (χ2v) is 5.74. The van der Waals surface area contributed by atoms with E-state index in [2.05, 4.69) is 41.5 Å². The van der Waals surface area contributed by atoms with Gasteiger partial charge in [0.05, 0.1) is 12.6 Å². The van der Waals surface area contributed by atoms with Gasteiger partial charge < -0.3 is 10.6 Å². The maximum atomic E-state index is 12.1. The first-order chi connectivity index (χ1) is 9.56. The average Bonchev–Trinajstić information content (AvgIpc) is 2.38. The van der Waals surface area contributed by atoms with E-state index in [1.807, 2.05) is 19.1 Å². The molecule has 4 heteroatoms. The third kappa shape index (κ3) is 4.05. The minimum absolute atomic E-state index is 0.0593. The van der Waals surface area contributed by atoms with E-state index in [0.29, 0.717) is 12.6 Å². The SMILES string of the molecule is Cc1ccccc1C(C)NC(=O)CN1CCN[C@H](C)C1. The van der Waals surface area contributed by atoms with Crippen LogP contribution in [0.4, 0.5) is 0 Å². The molecule has 1 fully saturated rings. The van der Waals surface area contributed by atoms with E-state index in [0.717, 1.165) is 19.6 Å². The fraction of sp³-hybridized carbons (Fsp3) is 0.562. The molecule has 1 heterocycles. The van der Waals surface area contributed by atoms with Crippen molar-refractivity contribution in [1.82, 2.24) is 15.5 Å². The van der Waals surface area contributed by atoms with Crippen LogP contribution in [0.3, 0.4) is 0 Å². The third-order valence-electron chi connectivity index (χ3n) is 3.85. The van der Waals surface area contributed by atoms with Crippen LogP contribution in [0, 0.1) is 6.92 Å². The molecule has 20 heavy (non-hydrogen) atoms. The first-order valence-corrected chi connectivity index (χ1v) is 7.37. The van der Waals surface area contributed by atoms with Crippen molar-refractivity contribution >= 4 is 5.91 Å². The van der Waals surface area contributed by atoms with Gasteiger partial charge in [-0.1, -0.05) is 24.3 Å². The number of carbonyl (C=O) groups is 1. The standard InChI is InChI=1S/C16H25N3O/c1-12-6-4-5-7-15(12)14(3)18-16(20)11-19-9-8-17-13(2)10-19/h4-7,13-14,17H,8-11H2,1-3H3,(H,18,20)/t13-,14?/m1/s1. The zero-order chi connectivity index (χ0) is 14.5. The molecule has 0 bridgehead atoms. The fourth-order valence-corrected chi connectivity index (χ4v) is 2.80. The Morgan fingerprint density at radius 1 is 1.50 bits per heavy atom. The lowest BCUT2D eigenvalue weighted by Gasteiger charge is -2.31. The number of rotatable bonds is 4. The Hall–Kier alpha value is -1.39. The minimum atomic E-state index is 0.0593. The lowest BCUT2D eigenvalue weighted by Crippen LogP contribution is -2.51. The molecule has 1 unspecified atom stereocenters. The second kappa shape index (κ2) is 6.86. The van der Waals surface area contributed by atoms with Gasteiger partial charge in [-0.2, -0.15) is 0 Å². The van der Waals surface area contributed by atoms with Gasteiger partial charge in [0.2, 0.25) is 5.91 Å². The molecule has 2 N–H and O–H groups in total. The van der Waals surface area contributed by atoms with Crippen molar-refractivity contribution in [2.75, 3.05) is 26.2 Å². The topological polar surface area (TPSA) is 44.4 Å². The van der Waals surface area contributed by atoms with Gasteiger partial charge in [0.25, 0.3) is 0 Å². The lowest BCUT2D eigenvalue weighted by molar-refractivity contribution is -0.123. The number of amides is 1. The smallest absolute Gasteiger partial charge is 0.234 e. The Morgan fingerprint density at radius 2 is 2.25 bits per heavy atom. The Morgan fingerprint density at radius 3 is 2.95 bits per heavy atom. The van der Waals surface area contributed by atoms with Crippen molar-refractivity contribution in [3.05, 3.63) is 35.4 Å². The van der Waals surface area contributed by atoms with E-state index in [1.165, 1.54) is 11.1 Å². The molecule has 0 aliphatic carbocycles. The van der Waals surface area contributed by atoms with Crippen LogP contribution < -0.4 is 10.6 Å². The molecule has 1 aliphatic rings. The molecule has 0 saturated carbocycles. The van der Waals surface area contributed by atoms with Gasteiger partial charge in [0.15, 0.2) is 0 Å². The van der Waals surface area contributed by atoms with E-state index >= 15 is 0 Å². The van der Waals surface area contributed by atoms with Gasteiger partial charge in [-0.3, -0.25) is 9.69 Å². The van der Waals surface area contributed by atoms with E-state index in [-0.39, 0.29) is 11.9 Å². The molecule has 0 spiro atoms. The summed E-state index contributed by atoms with van der Waals surface area (Å²) in [5, 5.41) is 6.48. The van der Waals surface area contributed by atoms with Crippen LogP contribution in [-0.2, 0) is 4.79 Å². The predicted octanol–water partition coefficient (Wildman–Crippen LogP) is 1.47. The highest BCUT2D eigenvalue weighted by atomic mass is 16.2. The predicted molar refractivity (Wildman–Crippen MR) is 81.6 cm³/mol. The monoisotopic (exact) mass is 275 g/mol. The van der Waals surface area contributed by atoms with Crippen LogP contribution in [0.25, 0.3) is 0 Å². The number of aryl methyl sites for hydroxylation is 1. The Kier molecular flexibility index (Phi) is 5.15. The second-order valence-electron chi connectivity index (χ2n) is 5.74. The van der Waals surface area contributed by atoms with Gasteiger partial charge in [-0.05, 0) is 31.9 Å². The van der Waals surface area contributed by atoms with Crippen LogP contribution in [0.2, 0.25) is 0 Å². The summed E-state index contributed by atoms with van der Waals surface area (Å²) in [5.74, 6) is 0.106. The molecule has 1 aromatic rings. The number of nitrogens with zero attached hydrogens (tertiary/aromatic N) is 1. The maximum Gasteiger partial charge on any atom is 0.234 e. The molecular formula is C16H25N3O. The number of benzene rings is 1. The number of carbonyl (C=O) groups excluding carboxylic acids is 1. The molecule has 110 valence electrons. The lowest BCUT2D eigenvalue weighted by atomic mass is 10.0. The Bertz CT molecular complexity index is 461. The van der Waals surface area contributed by atoms with Crippen LogP contribution in [0.5, 0.6) is 0 Å². The molecule has 2 atom stereocenters. The molecule has 1 saturated heterocycles. The summed E-state index contributed by atoms with van der Waals surface area (Å²) >= 11 is 0.